The zero-order valence-corrected chi connectivity index (χ0v) is 7.47. The second-order valence-electron chi connectivity index (χ2n) is 2.43. The molecule has 0 fully saturated rings. The summed E-state index contributed by atoms with van der Waals surface area (Å²) in [4.78, 5) is 0. The maximum atomic E-state index is 5.24. The largest absolute Gasteiger partial charge is 0.464 e. The van der Waals surface area contributed by atoms with Crippen molar-refractivity contribution in [2.75, 3.05) is 0 Å². The van der Waals surface area contributed by atoms with E-state index < -0.39 is 0 Å². The van der Waals surface area contributed by atoms with Gasteiger partial charge in [-0.25, -0.2) is 0 Å². The third kappa shape index (κ3) is 1.18. The molecule has 1 aromatic heterocycles. The van der Waals surface area contributed by atoms with Gasteiger partial charge in [0.25, 0.3) is 0 Å². The molecule has 0 bridgehead atoms. The topological polar surface area (TPSA) is 13.1 Å². The van der Waals surface area contributed by atoms with Crippen molar-refractivity contribution in [3.63, 3.8) is 0 Å². The van der Waals surface area contributed by atoms with Crippen molar-refractivity contribution in [3.05, 3.63) is 36.1 Å². The van der Waals surface area contributed by atoms with Crippen LogP contribution in [0.5, 0.6) is 0 Å². The first-order valence-electron chi connectivity index (χ1n) is 3.42. The second-order valence-corrected chi connectivity index (χ2v) is 2.99. The number of rotatable bonds is 1. The Kier molecular flexibility index (Phi) is 1.70. The predicted octanol–water partition coefficient (Wildman–Crippen LogP) is 3.33. The number of benzene rings is 1. The Labute approximate surface area is 73.1 Å². The number of hydrogen-bond donors (Lipinski definition) is 0. The third-order valence-electron chi connectivity index (χ3n) is 1.67. The molecule has 11 heavy (non-hydrogen) atoms. The number of fused-ring (bicyclic) bond motifs is 1. The molecule has 2 rings (SSSR count). The number of furan rings is 1. The maximum Gasteiger partial charge on any atom is 0.134 e. The van der Waals surface area contributed by atoms with Crippen LogP contribution in [0.4, 0.5) is 0 Å². The number of halogens is 1. The van der Waals surface area contributed by atoms with Crippen LogP contribution in [0.2, 0.25) is 0 Å². The smallest absolute Gasteiger partial charge is 0.134 e. The predicted molar refractivity (Wildman–Crippen MR) is 48.8 cm³/mol. The van der Waals surface area contributed by atoms with Crippen LogP contribution in [0.15, 0.2) is 34.9 Å². The Morgan fingerprint density at radius 3 is 3.00 bits per heavy atom. The summed E-state index contributed by atoms with van der Waals surface area (Å²) >= 11 is 3.39. The minimum atomic E-state index is 0.879. The summed E-state index contributed by atoms with van der Waals surface area (Å²) in [5.74, 6) is 0. The molecule has 1 nitrogen and oxygen atoms in total. The quantitative estimate of drug-likeness (QED) is 0.659. The molecule has 0 radical (unpaired) electrons. The van der Waals surface area contributed by atoms with Crippen molar-refractivity contribution in [2.24, 2.45) is 0 Å². The van der Waals surface area contributed by atoms with Crippen molar-refractivity contribution < 1.29 is 4.42 Å². The van der Waals surface area contributed by atoms with Gasteiger partial charge in [0, 0.05) is 10.7 Å². The Morgan fingerprint density at radius 1 is 1.27 bits per heavy atom. The summed E-state index contributed by atoms with van der Waals surface area (Å²) in [5.41, 5.74) is 2.20. The van der Waals surface area contributed by atoms with E-state index in [2.05, 4.69) is 28.1 Å². The van der Waals surface area contributed by atoms with Gasteiger partial charge >= 0.3 is 0 Å². The van der Waals surface area contributed by atoms with Gasteiger partial charge in [0.1, 0.15) is 5.58 Å². The summed E-state index contributed by atoms with van der Waals surface area (Å²) in [6, 6.07) is 8.17. The number of alkyl halides is 1. The highest BCUT2D eigenvalue weighted by atomic mass is 79.9. The lowest BCUT2D eigenvalue weighted by atomic mass is 10.2. The molecule has 0 unspecified atom stereocenters. The Hall–Kier alpha value is -0.760. The lowest BCUT2D eigenvalue weighted by Crippen LogP contribution is -1.73. The summed E-state index contributed by atoms with van der Waals surface area (Å²) in [6.45, 7) is 0. The van der Waals surface area contributed by atoms with Crippen molar-refractivity contribution in [2.45, 2.75) is 5.33 Å². The first kappa shape index (κ1) is 6.92. The average molecular weight is 211 g/mol. The molecule has 0 spiro atoms. The van der Waals surface area contributed by atoms with Gasteiger partial charge in [0.15, 0.2) is 0 Å². The SMILES string of the molecule is BrCc1ccc2ccoc2c1. The molecule has 0 saturated carbocycles. The van der Waals surface area contributed by atoms with E-state index in [0.717, 1.165) is 16.3 Å². The molecule has 0 aliphatic heterocycles. The van der Waals surface area contributed by atoms with Crippen LogP contribution in [0.3, 0.4) is 0 Å². The van der Waals surface area contributed by atoms with Crippen LogP contribution >= 0.6 is 15.9 Å². The molecule has 1 heterocycles. The minimum absolute atomic E-state index is 0.879. The molecule has 56 valence electrons. The molecule has 0 atom stereocenters. The van der Waals surface area contributed by atoms with Crippen LogP contribution in [0.25, 0.3) is 11.0 Å². The first-order chi connectivity index (χ1) is 5.40. The highest BCUT2D eigenvalue weighted by molar-refractivity contribution is 9.08. The fourth-order valence-electron chi connectivity index (χ4n) is 1.08. The molecular weight excluding hydrogens is 204 g/mol. The van der Waals surface area contributed by atoms with Gasteiger partial charge in [-0.05, 0) is 17.7 Å². The van der Waals surface area contributed by atoms with Gasteiger partial charge < -0.3 is 4.42 Å². The minimum Gasteiger partial charge on any atom is -0.464 e. The van der Waals surface area contributed by atoms with Crippen LogP contribution in [-0.2, 0) is 5.33 Å². The van der Waals surface area contributed by atoms with Gasteiger partial charge in [-0.3, -0.25) is 0 Å². The second kappa shape index (κ2) is 2.70. The van der Waals surface area contributed by atoms with Crippen LogP contribution in [0, 0.1) is 0 Å². The van der Waals surface area contributed by atoms with E-state index >= 15 is 0 Å². The zero-order valence-electron chi connectivity index (χ0n) is 5.88. The van der Waals surface area contributed by atoms with E-state index in [0.29, 0.717) is 0 Å². The van der Waals surface area contributed by atoms with Crippen molar-refractivity contribution in [3.8, 4) is 0 Å². The monoisotopic (exact) mass is 210 g/mol. The fraction of sp³-hybridized carbons (Fsp3) is 0.111. The molecule has 0 amide bonds. The molecule has 0 saturated heterocycles. The van der Waals surface area contributed by atoms with Gasteiger partial charge in [-0.2, -0.15) is 0 Å². The Balaban J connectivity index is 2.67. The molecule has 2 aromatic rings. The fourth-order valence-corrected chi connectivity index (χ4v) is 1.43. The molecule has 2 heteroatoms. The molecular formula is C9H7BrO. The first-order valence-corrected chi connectivity index (χ1v) is 4.54. The molecule has 0 aliphatic rings. The van der Waals surface area contributed by atoms with E-state index in [1.807, 2.05) is 12.1 Å². The van der Waals surface area contributed by atoms with Crippen LogP contribution in [-0.4, -0.2) is 0 Å². The van der Waals surface area contributed by atoms with E-state index in [-0.39, 0.29) is 0 Å². The van der Waals surface area contributed by atoms with Gasteiger partial charge in [-0.1, -0.05) is 28.1 Å². The van der Waals surface area contributed by atoms with Crippen molar-refractivity contribution in [1.82, 2.24) is 0 Å². The Bertz CT molecular complexity index is 364. The van der Waals surface area contributed by atoms with E-state index in [4.69, 9.17) is 4.42 Å². The summed E-state index contributed by atoms with van der Waals surface area (Å²) in [6.07, 6.45) is 1.71. The van der Waals surface area contributed by atoms with Gasteiger partial charge in [-0.15, -0.1) is 0 Å². The van der Waals surface area contributed by atoms with E-state index in [1.165, 1.54) is 5.56 Å². The van der Waals surface area contributed by atoms with Crippen molar-refractivity contribution in [1.29, 1.82) is 0 Å². The lowest BCUT2D eigenvalue weighted by molar-refractivity contribution is 0.615. The summed E-state index contributed by atoms with van der Waals surface area (Å²) in [7, 11) is 0. The highest BCUT2D eigenvalue weighted by Gasteiger charge is 1.96. The maximum absolute atomic E-state index is 5.24. The third-order valence-corrected chi connectivity index (χ3v) is 2.32. The van der Waals surface area contributed by atoms with Gasteiger partial charge in [0.2, 0.25) is 0 Å². The normalized spacial score (nSPS) is 10.6. The zero-order chi connectivity index (χ0) is 7.68. The standard InChI is InChI=1S/C9H7BrO/c10-6-7-1-2-8-3-4-11-9(8)5-7/h1-5H,6H2. The van der Waals surface area contributed by atoms with E-state index in [9.17, 15) is 0 Å². The van der Waals surface area contributed by atoms with E-state index in [1.54, 1.807) is 6.26 Å². The number of hydrogen-bond acceptors (Lipinski definition) is 1. The summed E-state index contributed by atoms with van der Waals surface area (Å²) in [5, 5.41) is 2.04. The molecule has 0 N–H and O–H groups in total. The molecule has 0 aliphatic carbocycles. The Morgan fingerprint density at radius 2 is 2.18 bits per heavy atom. The highest BCUT2D eigenvalue weighted by Crippen LogP contribution is 2.17. The van der Waals surface area contributed by atoms with Crippen LogP contribution < -0.4 is 0 Å². The van der Waals surface area contributed by atoms with Crippen LogP contribution in [0.1, 0.15) is 5.56 Å². The van der Waals surface area contributed by atoms with Crippen molar-refractivity contribution >= 4 is 26.9 Å². The van der Waals surface area contributed by atoms with Gasteiger partial charge in [0.05, 0.1) is 6.26 Å². The average Bonchev–Trinajstić information content (AvgIpc) is 2.50. The molecule has 1 aromatic carbocycles. The lowest BCUT2D eigenvalue weighted by Gasteiger charge is -1.92. The summed E-state index contributed by atoms with van der Waals surface area (Å²) < 4.78 is 5.24.